The number of hydrogen-bond acceptors (Lipinski definition) is 2. The molecule has 4 N–H and O–H groups in total. The van der Waals surface area contributed by atoms with Crippen LogP contribution < -0.4 is 11.1 Å². The lowest BCUT2D eigenvalue weighted by atomic mass is 10.2. The van der Waals surface area contributed by atoms with E-state index in [2.05, 4.69) is 10.3 Å². The number of nitrogens with two attached hydrogens (primary N) is 1. The van der Waals surface area contributed by atoms with Crippen LogP contribution in [0.5, 0.6) is 0 Å². The molecule has 1 aliphatic rings. The smallest absolute Gasteiger partial charge is 0.244 e. The zero-order valence-corrected chi connectivity index (χ0v) is 8.79. The van der Waals surface area contributed by atoms with Crippen LogP contribution in [0.4, 0.5) is 5.69 Å². The number of fused-ring (bicyclic) bond motifs is 1. The highest BCUT2D eigenvalue weighted by atomic mass is 16.2. The Morgan fingerprint density at radius 3 is 2.88 bits per heavy atom. The number of nitrogens with one attached hydrogen (secondary N) is 2. The van der Waals surface area contributed by atoms with E-state index in [1.54, 1.807) is 6.20 Å². The van der Waals surface area contributed by atoms with Gasteiger partial charge in [-0.05, 0) is 18.9 Å². The zero-order valence-electron chi connectivity index (χ0n) is 8.79. The molecule has 82 valence electrons. The lowest BCUT2D eigenvalue weighted by Gasteiger charge is -2.08. The fourth-order valence-corrected chi connectivity index (χ4v) is 1.78. The molecule has 0 aliphatic heterocycles. The summed E-state index contributed by atoms with van der Waals surface area (Å²) in [5.74, 6) is -0.0859. The van der Waals surface area contributed by atoms with Crippen molar-refractivity contribution in [3.8, 4) is 0 Å². The van der Waals surface area contributed by atoms with Crippen molar-refractivity contribution in [3.05, 3.63) is 30.5 Å². The standard InChI is InChI=1S/C12H13N3O/c13-12(5-6-12)11(16)15-10-7-14-9-4-2-1-3-8(9)10/h1-4,7,14H,5-6,13H2,(H,15,16). The summed E-state index contributed by atoms with van der Waals surface area (Å²) in [6, 6.07) is 7.84. The molecule has 2 aromatic rings. The van der Waals surface area contributed by atoms with Crippen molar-refractivity contribution in [2.75, 3.05) is 5.32 Å². The van der Waals surface area contributed by atoms with Crippen LogP contribution in [-0.2, 0) is 4.79 Å². The predicted molar refractivity (Wildman–Crippen MR) is 63.1 cm³/mol. The molecule has 1 saturated carbocycles. The molecule has 3 rings (SSSR count). The van der Waals surface area contributed by atoms with Crippen LogP contribution in [0.1, 0.15) is 12.8 Å². The first-order valence-electron chi connectivity index (χ1n) is 5.35. The first-order chi connectivity index (χ1) is 7.69. The van der Waals surface area contributed by atoms with Gasteiger partial charge in [0.15, 0.2) is 0 Å². The van der Waals surface area contributed by atoms with E-state index in [0.717, 1.165) is 29.4 Å². The third-order valence-electron chi connectivity index (χ3n) is 3.08. The molecule has 0 spiro atoms. The first-order valence-corrected chi connectivity index (χ1v) is 5.35. The van der Waals surface area contributed by atoms with Crippen molar-refractivity contribution in [1.82, 2.24) is 4.98 Å². The topological polar surface area (TPSA) is 70.9 Å². The summed E-state index contributed by atoms with van der Waals surface area (Å²) in [6.07, 6.45) is 3.36. The molecule has 4 heteroatoms. The summed E-state index contributed by atoms with van der Waals surface area (Å²) < 4.78 is 0. The summed E-state index contributed by atoms with van der Waals surface area (Å²) in [6.45, 7) is 0. The molecule has 1 aromatic carbocycles. The maximum Gasteiger partial charge on any atom is 0.244 e. The third kappa shape index (κ3) is 1.39. The van der Waals surface area contributed by atoms with Gasteiger partial charge in [0.2, 0.25) is 5.91 Å². The van der Waals surface area contributed by atoms with Crippen LogP contribution >= 0.6 is 0 Å². The molecule has 0 unspecified atom stereocenters. The molecule has 0 saturated heterocycles. The zero-order chi connectivity index (χ0) is 11.2. The number of aromatic amines is 1. The molecule has 1 aromatic heterocycles. The highest BCUT2D eigenvalue weighted by molar-refractivity contribution is 6.06. The van der Waals surface area contributed by atoms with Crippen LogP contribution in [0.15, 0.2) is 30.5 Å². The Morgan fingerprint density at radius 1 is 1.38 bits per heavy atom. The number of rotatable bonds is 2. The van der Waals surface area contributed by atoms with Crippen molar-refractivity contribution in [1.29, 1.82) is 0 Å². The number of amides is 1. The predicted octanol–water partition coefficient (Wildman–Crippen LogP) is 1.60. The van der Waals surface area contributed by atoms with E-state index >= 15 is 0 Å². The van der Waals surface area contributed by atoms with Gasteiger partial charge >= 0.3 is 0 Å². The quantitative estimate of drug-likeness (QED) is 0.712. The van der Waals surface area contributed by atoms with Crippen molar-refractivity contribution in [2.24, 2.45) is 5.73 Å². The molecule has 1 fully saturated rings. The summed E-state index contributed by atoms with van der Waals surface area (Å²) in [4.78, 5) is 14.9. The lowest BCUT2D eigenvalue weighted by molar-refractivity contribution is -0.118. The molecule has 0 radical (unpaired) electrons. The number of carbonyl (C=O) groups excluding carboxylic acids is 1. The number of aromatic nitrogens is 1. The van der Waals surface area contributed by atoms with Gasteiger partial charge < -0.3 is 16.0 Å². The lowest BCUT2D eigenvalue weighted by Crippen LogP contribution is -2.37. The molecule has 4 nitrogen and oxygen atoms in total. The molecule has 1 aliphatic carbocycles. The Morgan fingerprint density at radius 2 is 2.12 bits per heavy atom. The van der Waals surface area contributed by atoms with Crippen LogP contribution in [0.2, 0.25) is 0 Å². The number of anilines is 1. The maximum absolute atomic E-state index is 11.8. The van der Waals surface area contributed by atoms with Crippen LogP contribution in [-0.4, -0.2) is 16.4 Å². The molecule has 0 atom stereocenters. The third-order valence-corrected chi connectivity index (χ3v) is 3.08. The average molecular weight is 215 g/mol. The maximum atomic E-state index is 11.8. The number of benzene rings is 1. The minimum Gasteiger partial charge on any atom is -0.359 e. The number of H-pyrrole nitrogens is 1. The highest BCUT2D eigenvalue weighted by Crippen LogP contribution is 2.34. The van der Waals surface area contributed by atoms with Gasteiger partial charge in [-0.1, -0.05) is 18.2 Å². The van der Waals surface area contributed by atoms with Gasteiger partial charge in [-0.3, -0.25) is 4.79 Å². The van der Waals surface area contributed by atoms with Gasteiger partial charge in [0.1, 0.15) is 0 Å². The number of hydrogen-bond donors (Lipinski definition) is 3. The van der Waals surface area contributed by atoms with Gasteiger partial charge in [0, 0.05) is 17.1 Å². The Balaban J connectivity index is 1.92. The van der Waals surface area contributed by atoms with Crippen molar-refractivity contribution < 1.29 is 4.79 Å². The monoisotopic (exact) mass is 215 g/mol. The van der Waals surface area contributed by atoms with E-state index in [-0.39, 0.29) is 5.91 Å². The minimum atomic E-state index is -0.627. The second-order valence-corrected chi connectivity index (χ2v) is 4.36. The van der Waals surface area contributed by atoms with Crippen molar-refractivity contribution in [3.63, 3.8) is 0 Å². The highest BCUT2D eigenvalue weighted by Gasteiger charge is 2.46. The Labute approximate surface area is 92.8 Å². The SMILES string of the molecule is NC1(C(=O)Nc2c[nH]c3ccccc23)CC1. The second-order valence-electron chi connectivity index (χ2n) is 4.36. The minimum absolute atomic E-state index is 0.0859. The first kappa shape index (κ1) is 9.42. The van der Waals surface area contributed by atoms with Crippen LogP contribution in [0.3, 0.4) is 0 Å². The fraction of sp³-hybridized carbons (Fsp3) is 0.250. The van der Waals surface area contributed by atoms with Crippen LogP contribution in [0.25, 0.3) is 10.9 Å². The summed E-state index contributed by atoms with van der Waals surface area (Å²) in [5.41, 5.74) is 7.02. The summed E-state index contributed by atoms with van der Waals surface area (Å²) in [7, 11) is 0. The molecular formula is C12H13N3O. The Kier molecular flexibility index (Phi) is 1.82. The van der Waals surface area contributed by atoms with E-state index in [0.29, 0.717) is 0 Å². The Bertz CT molecular complexity index is 554. The summed E-state index contributed by atoms with van der Waals surface area (Å²) in [5, 5.41) is 3.89. The van der Waals surface area contributed by atoms with Gasteiger partial charge in [-0.2, -0.15) is 0 Å². The Hall–Kier alpha value is -1.81. The normalized spacial score (nSPS) is 17.3. The van der Waals surface area contributed by atoms with Crippen molar-refractivity contribution >= 4 is 22.5 Å². The van der Waals surface area contributed by atoms with Crippen molar-refractivity contribution in [2.45, 2.75) is 18.4 Å². The van der Waals surface area contributed by atoms with Gasteiger partial charge in [-0.15, -0.1) is 0 Å². The molecule has 16 heavy (non-hydrogen) atoms. The number of para-hydroxylation sites is 1. The molecule has 1 amide bonds. The van der Waals surface area contributed by atoms with Crippen LogP contribution in [0, 0.1) is 0 Å². The van der Waals surface area contributed by atoms with E-state index in [1.165, 1.54) is 0 Å². The van der Waals surface area contributed by atoms with Gasteiger partial charge in [0.25, 0.3) is 0 Å². The van der Waals surface area contributed by atoms with Gasteiger partial charge in [-0.25, -0.2) is 0 Å². The molecular weight excluding hydrogens is 202 g/mol. The van der Waals surface area contributed by atoms with Gasteiger partial charge in [0.05, 0.1) is 11.2 Å². The average Bonchev–Trinajstić information content (AvgIpc) is 2.92. The summed E-state index contributed by atoms with van der Waals surface area (Å²) >= 11 is 0. The fourth-order valence-electron chi connectivity index (χ4n) is 1.78. The number of carbonyl (C=O) groups is 1. The molecule has 1 heterocycles. The van der Waals surface area contributed by atoms with E-state index < -0.39 is 5.54 Å². The largest absolute Gasteiger partial charge is 0.359 e. The van der Waals surface area contributed by atoms with E-state index in [4.69, 9.17) is 5.73 Å². The van der Waals surface area contributed by atoms with E-state index in [9.17, 15) is 4.79 Å². The second kappa shape index (κ2) is 3.09. The molecule has 0 bridgehead atoms. The van der Waals surface area contributed by atoms with E-state index in [1.807, 2.05) is 24.3 Å².